The largest absolute Gasteiger partial charge is 0.363 e. The van der Waals surface area contributed by atoms with Crippen LogP contribution >= 0.6 is 0 Å². The lowest BCUT2D eigenvalue weighted by molar-refractivity contribution is 0.335. The molecule has 126 valence electrons. The molecule has 0 radical (unpaired) electrons. The predicted molar refractivity (Wildman–Crippen MR) is 95.9 cm³/mol. The Morgan fingerprint density at radius 1 is 1.05 bits per heavy atom. The molecule has 2 rings (SSSR count). The molecule has 4 nitrogen and oxygen atoms in total. The Hall–Kier alpha value is -1.06. The third-order valence-electron chi connectivity index (χ3n) is 4.59. The monoisotopic (exact) mass is 306 g/mol. The van der Waals surface area contributed by atoms with Gasteiger partial charge in [0.1, 0.15) is 0 Å². The molecule has 22 heavy (non-hydrogen) atoms. The van der Waals surface area contributed by atoms with Crippen LogP contribution in [0.2, 0.25) is 0 Å². The van der Waals surface area contributed by atoms with Crippen molar-refractivity contribution < 1.29 is 0 Å². The zero-order chi connectivity index (χ0) is 16.0. The second-order valence-corrected chi connectivity index (χ2v) is 7.87. The highest BCUT2D eigenvalue weighted by atomic mass is 15.2. The van der Waals surface area contributed by atoms with Gasteiger partial charge in [-0.05, 0) is 65.7 Å². The minimum absolute atomic E-state index is 0.0489. The van der Waals surface area contributed by atoms with Crippen molar-refractivity contribution in [1.29, 1.82) is 0 Å². The molecule has 2 heterocycles. The van der Waals surface area contributed by atoms with Crippen LogP contribution in [0.25, 0.3) is 0 Å². The normalized spacial score (nSPS) is 24.3. The lowest BCUT2D eigenvalue weighted by Gasteiger charge is -2.28. The first-order valence-corrected chi connectivity index (χ1v) is 9.01. The van der Waals surface area contributed by atoms with Crippen LogP contribution < -0.4 is 0 Å². The van der Waals surface area contributed by atoms with Gasteiger partial charge >= 0.3 is 0 Å². The topological polar surface area (TPSA) is 31.2 Å². The summed E-state index contributed by atoms with van der Waals surface area (Å²) in [6, 6.07) is 0.393. The molecule has 2 fully saturated rings. The van der Waals surface area contributed by atoms with Gasteiger partial charge in [-0.3, -0.25) is 9.98 Å². The van der Waals surface area contributed by atoms with Gasteiger partial charge in [-0.1, -0.05) is 0 Å². The first-order valence-electron chi connectivity index (χ1n) is 9.01. The number of nitrogens with zero attached hydrogens (tertiary/aromatic N) is 4. The molecule has 0 amide bonds. The molecule has 0 aromatic carbocycles. The van der Waals surface area contributed by atoms with Crippen molar-refractivity contribution in [3.8, 4) is 0 Å². The minimum atomic E-state index is 0.0489. The van der Waals surface area contributed by atoms with Gasteiger partial charge in [0.15, 0.2) is 0 Å². The summed E-state index contributed by atoms with van der Waals surface area (Å²) in [5.41, 5.74) is 0.0489. The van der Waals surface area contributed by atoms with Crippen LogP contribution in [0.15, 0.2) is 9.98 Å². The van der Waals surface area contributed by atoms with E-state index in [1.54, 1.807) is 0 Å². The molecule has 2 saturated heterocycles. The van der Waals surface area contributed by atoms with Crippen LogP contribution in [0.4, 0.5) is 0 Å². The van der Waals surface area contributed by atoms with Gasteiger partial charge in [0.2, 0.25) is 0 Å². The molecule has 0 aromatic heterocycles. The van der Waals surface area contributed by atoms with E-state index in [0.29, 0.717) is 6.04 Å². The van der Waals surface area contributed by atoms with Crippen LogP contribution in [0.3, 0.4) is 0 Å². The first kappa shape index (κ1) is 17.3. The Bertz CT molecular complexity index is 381. The molecule has 0 saturated carbocycles. The lowest BCUT2D eigenvalue weighted by atomic mass is 9.90. The highest BCUT2D eigenvalue weighted by molar-refractivity contribution is 5.56. The molecule has 2 aliphatic heterocycles. The first-order chi connectivity index (χ1) is 10.4. The maximum absolute atomic E-state index is 4.89. The number of likely N-dealkylation sites (tertiary alicyclic amines) is 2. The smallest absolute Gasteiger partial charge is 0.0856 e. The van der Waals surface area contributed by atoms with E-state index >= 15 is 0 Å². The third-order valence-corrected chi connectivity index (χ3v) is 4.59. The van der Waals surface area contributed by atoms with Crippen LogP contribution in [0.1, 0.15) is 59.8 Å². The van der Waals surface area contributed by atoms with Crippen molar-refractivity contribution in [2.24, 2.45) is 15.9 Å². The predicted octanol–water partition coefficient (Wildman–Crippen LogP) is 3.43. The summed E-state index contributed by atoms with van der Waals surface area (Å²) in [6.45, 7) is 13.5. The van der Waals surface area contributed by atoms with E-state index in [1.807, 2.05) is 0 Å². The summed E-state index contributed by atoms with van der Waals surface area (Å²) >= 11 is 0. The van der Waals surface area contributed by atoms with Gasteiger partial charge in [0.05, 0.1) is 18.2 Å². The van der Waals surface area contributed by atoms with E-state index in [9.17, 15) is 0 Å². The highest BCUT2D eigenvalue weighted by Gasteiger charge is 2.27. The number of rotatable bonds is 6. The van der Waals surface area contributed by atoms with Gasteiger partial charge in [-0.2, -0.15) is 0 Å². The quantitative estimate of drug-likeness (QED) is 0.556. The van der Waals surface area contributed by atoms with Crippen LogP contribution in [0, 0.1) is 5.92 Å². The van der Waals surface area contributed by atoms with E-state index in [1.165, 1.54) is 45.2 Å². The molecule has 0 aliphatic carbocycles. The maximum atomic E-state index is 4.89. The lowest BCUT2D eigenvalue weighted by Crippen LogP contribution is -2.31. The summed E-state index contributed by atoms with van der Waals surface area (Å²) in [5, 5.41) is 0. The van der Waals surface area contributed by atoms with Crippen LogP contribution in [0.5, 0.6) is 0 Å². The molecule has 4 heteroatoms. The van der Waals surface area contributed by atoms with E-state index < -0.39 is 0 Å². The molecular formula is C18H34N4. The fourth-order valence-electron chi connectivity index (χ4n) is 3.39. The number of aliphatic imine (C=N–C) groups is 2. The Morgan fingerprint density at radius 2 is 1.77 bits per heavy atom. The zero-order valence-corrected chi connectivity index (χ0v) is 15.0. The van der Waals surface area contributed by atoms with Crippen molar-refractivity contribution in [2.45, 2.75) is 71.4 Å². The summed E-state index contributed by atoms with van der Waals surface area (Å²) in [5.74, 6) is 0.743. The van der Waals surface area contributed by atoms with Crippen LogP contribution in [-0.4, -0.2) is 60.2 Å². The van der Waals surface area contributed by atoms with Crippen molar-refractivity contribution in [3.63, 3.8) is 0 Å². The summed E-state index contributed by atoms with van der Waals surface area (Å²) in [4.78, 5) is 14.2. The van der Waals surface area contributed by atoms with Crippen molar-refractivity contribution in [2.75, 3.05) is 26.2 Å². The molecule has 1 atom stereocenters. The summed E-state index contributed by atoms with van der Waals surface area (Å²) < 4.78 is 0. The standard InChI is InChI=1S/C18H34N4/c1-16(2)19-14-22-11-8-17(13-22)12-18(3,4)20-15-21-9-6-5-7-10-21/h14-17H,5-13H2,1-4H3/b19-14+,20-15+. The number of piperidine rings is 1. The second kappa shape index (κ2) is 7.98. The van der Waals surface area contributed by atoms with Crippen molar-refractivity contribution in [1.82, 2.24) is 9.80 Å². The van der Waals surface area contributed by atoms with E-state index in [4.69, 9.17) is 4.99 Å². The molecule has 0 aromatic rings. The fourth-order valence-corrected chi connectivity index (χ4v) is 3.39. The molecule has 0 spiro atoms. The molecule has 0 N–H and O–H groups in total. The average molecular weight is 306 g/mol. The van der Waals surface area contributed by atoms with Gasteiger partial charge in [0.25, 0.3) is 0 Å². The van der Waals surface area contributed by atoms with Gasteiger partial charge in [-0.15, -0.1) is 0 Å². The van der Waals surface area contributed by atoms with E-state index in [-0.39, 0.29) is 5.54 Å². The molecule has 1 unspecified atom stereocenters. The Kier molecular flexibility index (Phi) is 6.27. The summed E-state index contributed by atoms with van der Waals surface area (Å²) in [7, 11) is 0. The van der Waals surface area contributed by atoms with Gasteiger partial charge in [0, 0.05) is 32.2 Å². The van der Waals surface area contributed by atoms with Crippen molar-refractivity contribution in [3.05, 3.63) is 0 Å². The summed E-state index contributed by atoms with van der Waals surface area (Å²) in [6.07, 6.45) is 10.6. The second-order valence-electron chi connectivity index (χ2n) is 7.87. The minimum Gasteiger partial charge on any atom is -0.363 e. The number of hydrogen-bond acceptors (Lipinski definition) is 2. The third kappa shape index (κ3) is 5.98. The van der Waals surface area contributed by atoms with E-state index in [2.05, 4.69) is 55.2 Å². The van der Waals surface area contributed by atoms with Crippen molar-refractivity contribution >= 4 is 12.7 Å². The SMILES string of the molecule is CC(C)/N=C/N1CCC(CC(C)(C)/N=C/N2CCCCC2)C1. The fraction of sp³-hybridized carbons (Fsp3) is 0.889. The Balaban J connectivity index is 1.78. The molecule has 0 bridgehead atoms. The van der Waals surface area contributed by atoms with Gasteiger partial charge < -0.3 is 9.80 Å². The molecule has 2 aliphatic rings. The average Bonchev–Trinajstić information content (AvgIpc) is 2.91. The van der Waals surface area contributed by atoms with Gasteiger partial charge in [-0.25, -0.2) is 0 Å². The maximum Gasteiger partial charge on any atom is 0.0856 e. The Morgan fingerprint density at radius 3 is 2.45 bits per heavy atom. The Labute approximate surface area is 136 Å². The highest BCUT2D eigenvalue weighted by Crippen LogP contribution is 2.27. The van der Waals surface area contributed by atoms with Crippen LogP contribution in [-0.2, 0) is 0 Å². The van der Waals surface area contributed by atoms with E-state index in [0.717, 1.165) is 19.0 Å². The number of hydrogen-bond donors (Lipinski definition) is 0. The molecular weight excluding hydrogens is 272 g/mol. The zero-order valence-electron chi connectivity index (χ0n) is 15.0.